The van der Waals surface area contributed by atoms with Crippen molar-refractivity contribution >= 4 is 17.4 Å². The van der Waals surface area contributed by atoms with Crippen molar-refractivity contribution in [3.8, 4) is 0 Å². The minimum absolute atomic E-state index is 0.423. The molecule has 1 aliphatic heterocycles. The molecule has 4 nitrogen and oxygen atoms in total. The maximum absolute atomic E-state index is 6.09. The maximum Gasteiger partial charge on any atom is 0.158 e. The van der Waals surface area contributed by atoms with Gasteiger partial charge in [-0.25, -0.2) is 9.97 Å². The summed E-state index contributed by atoms with van der Waals surface area (Å²) in [6, 6.07) is 1.85. The second-order valence-corrected chi connectivity index (χ2v) is 6.06. The Bertz CT molecular complexity index is 431. The van der Waals surface area contributed by atoms with Crippen molar-refractivity contribution in [3.05, 3.63) is 17.0 Å². The predicted octanol–water partition coefficient (Wildman–Crippen LogP) is 3.54. The van der Waals surface area contributed by atoms with Crippen molar-refractivity contribution in [2.24, 2.45) is 11.8 Å². The van der Waals surface area contributed by atoms with Crippen molar-refractivity contribution in [1.29, 1.82) is 0 Å². The van der Waals surface area contributed by atoms with Crippen LogP contribution in [-0.4, -0.2) is 29.7 Å². The van der Waals surface area contributed by atoms with Crippen LogP contribution in [0.15, 0.2) is 6.07 Å². The number of piperidine rings is 1. The molecule has 1 saturated heterocycles. The zero-order chi connectivity index (χ0) is 14.5. The predicted molar refractivity (Wildman–Crippen MR) is 82.1 cm³/mol. The first-order valence-corrected chi connectivity index (χ1v) is 7.84. The fraction of sp³-hybridized carbons (Fsp3) is 0.733. The minimum atomic E-state index is 0.423. The lowest BCUT2D eigenvalue weighted by Crippen LogP contribution is -2.36. The number of rotatable bonds is 5. The topological polar surface area (TPSA) is 38.2 Å². The molecule has 112 valence electrons. The van der Waals surface area contributed by atoms with Gasteiger partial charge in [0.05, 0.1) is 0 Å². The summed E-state index contributed by atoms with van der Waals surface area (Å²) >= 11 is 6.09. The van der Waals surface area contributed by atoms with Gasteiger partial charge in [0.2, 0.25) is 0 Å². The number of ether oxygens (including phenoxy) is 1. The van der Waals surface area contributed by atoms with Crippen LogP contribution in [0.2, 0.25) is 5.15 Å². The van der Waals surface area contributed by atoms with Crippen LogP contribution in [0.5, 0.6) is 0 Å². The molecule has 2 rings (SSSR count). The molecule has 0 aromatic carbocycles. The van der Waals surface area contributed by atoms with Crippen LogP contribution in [0.25, 0.3) is 0 Å². The molecule has 0 N–H and O–H groups in total. The van der Waals surface area contributed by atoms with Gasteiger partial charge in [-0.3, -0.25) is 0 Å². The summed E-state index contributed by atoms with van der Waals surface area (Å²) in [5, 5.41) is 0.496. The molecule has 0 amide bonds. The third-order valence-electron chi connectivity index (χ3n) is 3.97. The Morgan fingerprint density at radius 3 is 2.65 bits per heavy atom. The van der Waals surface area contributed by atoms with Crippen molar-refractivity contribution in [1.82, 2.24) is 9.97 Å². The molecular weight excluding hydrogens is 274 g/mol. The Labute approximate surface area is 126 Å². The van der Waals surface area contributed by atoms with Crippen molar-refractivity contribution in [2.75, 3.05) is 24.6 Å². The third-order valence-corrected chi connectivity index (χ3v) is 4.16. The molecule has 1 fully saturated rings. The van der Waals surface area contributed by atoms with Crippen molar-refractivity contribution < 1.29 is 4.74 Å². The third kappa shape index (κ3) is 4.06. The fourth-order valence-electron chi connectivity index (χ4n) is 2.67. The van der Waals surface area contributed by atoms with Crippen LogP contribution in [-0.2, 0) is 11.3 Å². The lowest BCUT2D eigenvalue weighted by atomic mass is 9.87. The number of aromatic nitrogens is 2. The molecular formula is C15H24ClN3O. The van der Waals surface area contributed by atoms with Gasteiger partial charge in [-0.05, 0) is 31.6 Å². The van der Waals surface area contributed by atoms with Gasteiger partial charge in [-0.15, -0.1) is 0 Å². The molecule has 0 aliphatic carbocycles. The van der Waals surface area contributed by atoms with Crippen LogP contribution in [0.4, 0.5) is 5.82 Å². The highest BCUT2D eigenvalue weighted by molar-refractivity contribution is 6.29. The summed E-state index contributed by atoms with van der Waals surface area (Å²) in [5.41, 5.74) is 0. The summed E-state index contributed by atoms with van der Waals surface area (Å²) in [4.78, 5) is 11.1. The number of hydrogen-bond donors (Lipinski definition) is 0. The molecule has 1 aromatic rings. The maximum atomic E-state index is 6.09. The molecule has 0 saturated carbocycles. The van der Waals surface area contributed by atoms with E-state index in [1.165, 1.54) is 12.8 Å². The summed E-state index contributed by atoms with van der Waals surface area (Å²) in [5.74, 6) is 3.19. The standard InChI is InChI=1S/C15H24ClN3O/c1-4-20-10-14-17-13(16)9-15(18-14)19-7-5-12(6-8-19)11(2)3/h9,11-12H,4-8,10H2,1-3H3. The number of anilines is 1. The van der Waals surface area contributed by atoms with E-state index in [9.17, 15) is 0 Å². The second kappa shape index (κ2) is 7.23. The molecule has 2 heterocycles. The Hall–Kier alpha value is -0.870. The van der Waals surface area contributed by atoms with Crippen LogP contribution in [0.1, 0.15) is 39.4 Å². The molecule has 0 spiro atoms. The van der Waals surface area contributed by atoms with E-state index in [-0.39, 0.29) is 0 Å². The minimum Gasteiger partial charge on any atom is -0.374 e. The number of halogens is 1. The fourth-order valence-corrected chi connectivity index (χ4v) is 2.86. The quantitative estimate of drug-likeness (QED) is 0.779. The first-order chi connectivity index (χ1) is 9.60. The van der Waals surface area contributed by atoms with Crippen LogP contribution < -0.4 is 4.90 Å². The average Bonchev–Trinajstić information content (AvgIpc) is 2.44. The lowest BCUT2D eigenvalue weighted by Gasteiger charge is -2.34. The summed E-state index contributed by atoms with van der Waals surface area (Å²) in [6.07, 6.45) is 2.44. The van der Waals surface area contributed by atoms with Crippen molar-refractivity contribution in [3.63, 3.8) is 0 Å². The zero-order valence-electron chi connectivity index (χ0n) is 12.6. The van der Waals surface area contributed by atoms with Gasteiger partial charge in [0, 0.05) is 25.8 Å². The van der Waals surface area contributed by atoms with E-state index in [2.05, 4.69) is 28.7 Å². The van der Waals surface area contributed by atoms with Crippen molar-refractivity contribution in [2.45, 2.75) is 40.2 Å². The van der Waals surface area contributed by atoms with Crippen LogP contribution >= 0.6 is 11.6 Å². The van der Waals surface area contributed by atoms with Crippen LogP contribution in [0, 0.1) is 11.8 Å². The van der Waals surface area contributed by atoms with Crippen LogP contribution in [0.3, 0.4) is 0 Å². The monoisotopic (exact) mass is 297 g/mol. The van der Waals surface area contributed by atoms with E-state index in [1.807, 2.05) is 13.0 Å². The molecule has 0 bridgehead atoms. The van der Waals surface area contributed by atoms with E-state index in [0.717, 1.165) is 30.7 Å². The Balaban J connectivity index is 2.03. The zero-order valence-corrected chi connectivity index (χ0v) is 13.4. The molecule has 20 heavy (non-hydrogen) atoms. The average molecular weight is 298 g/mol. The summed E-state index contributed by atoms with van der Waals surface area (Å²) in [6.45, 7) is 9.75. The Morgan fingerprint density at radius 1 is 1.35 bits per heavy atom. The molecule has 0 unspecified atom stereocenters. The lowest BCUT2D eigenvalue weighted by molar-refractivity contribution is 0.128. The highest BCUT2D eigenvalue weighted by atomic mass is 35.5. The van der Waals surface area contributed by atoms with Gasteiger partial charge in [0.25, 0.3) is 0 Å². The highest BCUT2D eigenvalue weighted by Gasteiger charge is 2.22. The van der Waals surface area contributed by atoms with Gasteiger partial charge >= 0.3 is 0 Å². The SMILES string of the molecule is CCOCc1nc(Cl)cc(N2CCC(C(C)C)CC2)n1. The number of hydrogen-bond acceptors (Lipinski definition) is 4. The molecule has 1 aromatic heterocycles. The molecule has 1 aliphatic rings. The second-order valence-electron chi connectivity index (χ2n) is 5.67. The van der Waals surface area contributed by atoms with E-state index in [0.29, 0.717) is 24.2 Å². The van der Waals surface area contributed by atoms with E-state index < -0.39 is 0 Å². The Morgan fingerprint density at radius 2 is 2.05 bits per heavy atom. The van der Waals surface area contributed by atoms with Gasteiger partial charge in [-0.1, -0.05) is 25.4 Å². The number of nitrogens with zero attached hydrogens (tertiary/aromatic N) is 3. The smallest absolute Gasteiger partial charge is 0.158 e. The summed E-state index contributed by atoms with van der Waals surface area (Å²) in [7, 11) is 0. The van der Waals surface area contributed by atoms with E-state index in [4.69, 9.17) is 16.3 Å². The molecule has 5 heteroatoms. The first-order valence-electron chi connectivity index (χ1n) is 7.46. The van der Waals surface area contributed by atoms with E-state index in [1.54, 1.807) is 0 Å². The van der Waals surface area contributed by atoms with Gasteiger partial charge in [0.1, 0.15) is 17.6 Å². The Kier molecular flexibility index (Phi) is 5.61. The normalized spacial score (nSPS) is 16.9. The highest BCUT2D eigenvalue weighted by Crippen LogP contribution is 2.27. The first kappa shape index (κ1) is 15.5. The molecule has 0 atom stereocenters. The summed E-state index contributed by atoms with van der Waals surface area (Å²) < 4.78 is 5.36. The van der Waals surface area contributed by atoms with Gasteiger partial charge < -0.3 is 9.64 Å². The van der Waals surface area contributed by atoms with Gasteiger partial charge in [0.15, 0.2) is 5.82 Å². The molecule has 0 radical (unpaired) electrons. The van der Waals surface area contributed by atoms with E-state index >= 15 is 0 Å². The van der Waals surface area contributed by atoms with Gasteiger partial charge in [-0.2, -0.15) is 0 Å². The largest absolute Gasteiger partial charge is 0.374 e.